The third kappa shape index (κ3) is 3.93. The quantitative estimate of drug-likeness (QED) is 0.736. The van der Waals surface area contributed by atoms with Gasteiger partial charge in [-0.05, 0) is 32.0 Å². The summed E-state index contributed by atoms with van der Waals surface area (Å²) in [5.41, 5.74) is 0.380. The number of benzene rings is 2. The number of aromatic nitrogens is 2. The van der Waals surface area contributed by atoms with Gasteiger partial charge >= 0.3 is 0 Å². The maximum Gasteiger partial charge on any atom is 0.279 e. The third-order valence-electron chi connectivity index (χ3n) is 4.19. The summed E-state index contributed by atoms with van der Waals surface area (Å²) in [4.78, 5) is 39.2. The fourth-order valence-electron chi connectivity index (χ4n) is 2.93. The van der Waals surface area contributed by atoms with Crippen LogP contribution in [0.25, 0.3) is 16.5 Å². The molecule has 0 unspecified atom stereocenters. The Morgan fingerprint density at radius 2 is 1.64 bits per heavy atom. The lowest BCUT2D eigenvalue weighted by Gasteiger charge is -2.19. The largest absolute Gasteiger partial charge is 0.352 e. The smallest absolute Gasteiger partial charge is 0.279 e. The lowest BCUT2D eigenvalue weighted by Crippen LogP contribution is -2.41. The molecule has 2 amide bonds. The van der Waals surface area contributed by atoms with Gasteiger partial charge in [-0.1, -0.05) is 36.4 Å². The van der Waals surface area contributed by atoms with E-state index in [9.17, 15) is 14.4 Å². The highest BCUT2D eigenvalue weighted by Crippen LogP contribution is 2.16. The molecule has 0 atom stereocenters. The van der Waals surface area contributed by atoms with Crippen molar-refractivity contribution < 1.29 is 9.59 Å². The molecule has 0 aliphatic heterocycles. The first kappa shape index (κ1) is 19.3. The summed E-state index contributed by atoms with van der Waals surface area (Å²) >= 11 is 0. The van der Waals surface area contributed by atoms with Crippen LogP contribution < -0.4 is 10.9 Å². The molecule has 2 aromatic carbocycles. The number of fused-ring (bicyclic) bond motifs is 1. The van der Waals surface area contributed by atoms with E-state index in [-0.39, 0.29) is 29.7 Å². The number of nitrogens with one attached hydrogen (secondary N) is 1. The number of amides is 2. The fraction of sp³-hybridized carbons (Fsp3) is 0.238. The van der Waals surface area contributed by atoms with Gasteiger partial charge in [0.2, 0.25) is 5.91 Å². The maximum atomic E-state index is 13.0. The second-order valence-corrected chi connectivity index (χ2v) is 6.83. The van der Waals surface area contributed by atoms with Crippen molar-refractivity contribution in [3.8, 4) is 5.69 Å². The van der Waals surface area contributed by atoms with Gasteiger partial charge in [-0.3, -0.25) is 14.4 Å². The Kier molecular flexibility index (Phi) is 5.54. The van der Waals surface area contributed by atoms with Crippen LogP contribution in [-0.2, 0) is 4.79 Å². The third-order valence-corrected chi connectivity index (χ3v) is 4.19. The van der Waals surface area contributed by atoms with Gasteiger partial charge in [-0.15, -0.1) is 0 Å². The molecule has 28 heavy (non-hydrogen) atoms. The molecule has 0 aliphatic rings. The van der Waals surface area contributed by atoms with Gasteiger partial charge in [-0.25, -0.2) is 0 Å². The minimum absolute atomic E-state index is 0.0186. The van der Waals surface area contributed by atoms with E-state index in [4.69, 9.17) is 0 Å². The Balaban J connectivity index is 2.07. The van der Waals surface area contributed by atoms with Gasteiger partial charge < -0.3 is 10.2 Å². The number of rotatable bonds is 5. The van der Waals surface area contributed by atoms with Crippen molar-refractivity contribution in [3.05, 3.63) is 70.6 Å². The minimum Gasteiger partial charge on any atom is -0.352 e. The Bertz CT molecular complexity index is 1070. The molecule has 144 valence electrons. The fourth-order valence-corrected chi connectivity index (χ4v) is 2.93. The number of hydrogen-bond acceptors (Lipinski definition) is 4. The first-order valence-corrected chi connectivity index (χ1v) is 9.01. The molecule has 3 rings (SSSR count). The van der Waals surface area contributed by atoms with E-state index in [1.165, 1.54) is 16.6 Å². The molecule has 1 N–H and O–H groups in total. The monoisotopic (exact) mass is 378 g/mol. The average molecular weight is 378 g/mol. The van der Waals surface area contributed by atoms with Gasteiger partial charge in [0.25, 0.3) is 11.5 Å². The Morgan fingerprint density at radius 3 is 2.29 bits per heavy atom. The highest BCUT2D eigenvalue weighted by atomic mass is 16.2. The van der Waals surface area contributed by atoms with Crippen molar-refractivity contribution in [1.82, 2.24) is 20.0 Å². The summed E-state index contributed by atoms with van der Waals surface area (Å²) < 4.78 is 1.22. The molecule has 7 heteroatoms. The lowest BCUT2D eigenvalue weighted by atomic mass is 10.1. The van der Waals surface area contributed by atoms with Crippen LogP contribution in [0.3, 0.4) is 0 Å². The van der Waals surface area contributed by atoms with Crippen molar-refractivity contribution in [3.63, 3.8) is 0 Å². The van der Waals surface area contributed by atoms with Crippen LogP contribution in [0.4, 0.5) is 0 Å². The van der Waals surface area contributed by atoms with E-state index in [2.05, 4.69) is 10.4 Å². The normalized spacial score (nSPS) is 10.9. The predicted octanol–water partition coefficient (Wildman–Crippen LogP) is 1.98. The van der Waals surface area contributed by atoms with Crippen LogP contribution in [0, 0.1) is 0 Å². The van der Waals surface area contributed by atoms with E-state index >= 15 is 0 Å². The molecule has 0 fully saturated rings. The summed E-state index contributed by atoms with van der Waals surface area (Å²) in [6.07, 6.45) is 0. The molecule has 0 saturated carbocycles. The molecule has 3 aromatic rings. The Hall–Kier alpha value is -3.48. The zero-order valence-electron chi connectivity index (χ0n) is 16.0. The van der Waals surface area contributed by atoms with Crippen molar-refractivity contribution >= 4 is 22.6 Å². The van der Waals surface area contributed by atoms with Gasteiger partial charge in [0.1, 0.15) is 0 Å². The van der Waals surface area contributed by atoms with Crippen LogP contribution in [0.1, 0.15) is 24.3 Å². The topological polar surface area (TPSA) is 84.3 Å². The second kappa shape index (κ2) is 8.04. The maximum absolute atomic E-state index is 13.0. The number of likely N-dealkylation sites (N-methyl/N-ethyl adjacent to an activating group) is 1. The van der Waals surface area contributed by atoms with Crippen LogP contribution in [0.2, 0.25) is 0 Å². The number of hydrogen-bond donors (Lipinski definition) is 1. The molecule has 1 heterocycles. The number of nitrogens with zero attached hydrogens (tertiary/aromatic N) is 3. The summed E-state index contributed by atoms with van der Waals surface area (Å²) in [7, 11) is 1.54. The molecular formula is C21H22N4O3. The molecule has 0 radical (unpaired) electrons. The average Bonchev–Trinajstić information content (AvgIpc) is 2.68. The van der Waals surface area contributed by atoms with Crippen LogP contribution in [0.15, 0.2) is 59.4 Å². The summed E-state index contributed by atoms with van der Waals surface area (Å²) in [5.74, 6) is -0.689. The van der Waals surface area contributed by atoms with E-state index in [0.717, 1.165) is 0 Å². The Morgan fingerprint density at radius 1 is 1.04 bits per heavy atom. The first-order chi connectivity index (χ1) is 13.4. The molecule has 0 aliphatic carbocycles. The van der Waals surface area contributed by atoms with Gasteiger partial charge in [0.05, 0.1) is 17.6 Å². The molecule has 0 spiro atoms. The molecule has 7 nitrogen and oxygen atoms in total. The molecular weight excluding hydrogens is 356 g/mol. The van der Waals surface area contributed by atoms with Gasteiger partial charge in [-0.2, -0.15) is 9.78 Å². The van der Waals surface area contributed by atoms with E-state index in [0.29, 0.717) is 16.5 Å². The van der Waals surface area contributed by atoms with Gasteiger partial charge in [0.15, 0.2) is 5.69 Å². The number of carbonyl (C=O) groups excluding carboxylic acids is 2. The van der Waals surface area contributed by atoms with Crippen molar-refractivity contribution in [2.75, 3.05) is 13.6 Å². The van der Waals surface area contributed by atoms with E-state index in [1.54, 1.807) is 48.5 Å². The molecule has 0 saturated heterocycles. The first-order valence-electron chi connectivity index (χ1n) is 9.01. The lowest BCUT2D eigenvalue weighted by molar-refractivity contribution is -0.122. The standard InChI is InChI=1S/C21H22N4O3/c1-14(2)22-18(26)13-24(3)21(28)19-16-11-7-8-12-17(16)20(27)25(23-19)15-9-5-4-6-10-15/h4-12,14H,13H2,1-3H3,(H,22,26). The van der Waals surface area contributed by atoms with E-state index in [1.807, 2.05) is 19.9 Å². The number of para-hydroxylation sites is 1. The van der Waals surface area contributed by atoms with Gasteiger partial charge in [0, 0.05) is 18.5 Å². The molecule has 1 aromatic heterocycles. The minimum atomic E-state index is -0.431. The second-order valence-electron chi connectivity index (χ2n) is 6.83. The Labute approximate surface area is 162 Å². The summed E-state index contributed by atoms with van der Waals surface area (Å²) in [6.45, 7) is 3.60. The predicted molar refractivity (Wildman–Crippen MR) is 108 cm³/mol. The van der Waals surface area contributed by atoms with Crippen LogP contribution in [-0.4, -0.2) is 46.1 Å². The van der Waals surface area contributed by atoms with E-state index < -0.39 is 5.91 Å². The highest BCUT2D eigenvalue weighted by molar-refractivity contribution is 6.05. The van der Waals surface area contributed by atoms with Crippen LogP contribution in [0.5, 0.6) is 0 Å². The highest BCUT2D eigenvalue weighted by Gasteiger charge is 2.22. The number of carbonyl (C=O) groups is 2. The van der Waals surface area contributed by atoms with Crippen molar-refractivity contribution in [2.45, 2.75) is 19.9 Å². The van der Waals surface area contributed by atoms with Crippen LogP contribution >= 0.6 is 0 Å². The summed E-state index contributed by atoms with van der Waals surface area (Å²) in [5, 5.41) is 7.95. The van der Waals surface area contributed by atoms with Crippen molar-refractivity contribution in [1.29, 1.82) is 0 Å². The SMILES string of the molecule is CC(C)NC(=O)CN(C)C(=O)c1nn(-c2ccccc2)c(=O)c2ccccc12. The zero-order chi connectivity index (χ0) is 20.3. The summed E-state index contributed by atoms with van der Waals surface area (Å²) in [6, 6.07) is 15.7. The zero-order valence-corrected chi connectivity index (χ0v) is 16.0. The van der Waals surface area contributed by atoms with Crippen molar-refractivity contribution in [2.24, 2.45) is 0 Å². The molecule has 0 bridgehead atoms.